The zero-order valence-electron chi connectivity index (χ0n) is 10.7. The van der Waals surface area contributed by atoms with Crippen LogP contribution in [0.1, 0.15) is 35.9 Å². The highest BCUT2D eigenvalue weighted by atomic mass is 32.1. The van der Waals surface area contributed by atoms with Gasteiger partial charge in [0, 0.05) is 19.1 Å². The molecule has 6 heteroatoms. The van der Waals surface area contributed by atoms with Gasteiger partial charge in [-0.1, -0.05) is 18.3 Å². The predicted octanol–water partition coefficient (Wildman–Crippen LogP) is 1.33. The fraction of sp³-hybridized carbons (Fsp3) is 0.667. The van der Waals surface area contributed by atoms with Gasteiger partial charge in [0.05, 0.1) is 6.20 Å². The van der Waals surface area contributed by atoms with Crippen molar-refractivity contribution in [2.75, 3.05) is 25.4 Å². The lowest BCUT2D eigenvalue weighted by Gasteiger charge is -2.31. The van der Waals surface area contributed by atoms with Crippen LogP contribution in [0.4, 0.5) is 5.13 Å². The number of thiazole rings is 1. The van der Waals surface area contributed by atoms with E-state index in [1.54, 1.807) is 6.20 Å². The number of carbonyl (C=O) groups excluding carboxylic acids is 1. The maximum atomic E-state index is 11.9. The monoisotopic (exact) mass is 268 g/mol. The maximum Gasteiger partial charge on any atom is 0.263 e. The number of aromatic nitrogens is 1. The fourth-order valence-electron chi connectivity index (χ4n) is 2.27. The minimum absolute atomic E-state index is 0.0434. The standard InChI is InChI=1S/C12H20N4OS/c1-2-5-16-6-3-9(4-7-16)15-11(17)10-8-14-12(13)18-10/h8-9H,2-7H2,1H3,(H2,13,14)(H,15,17). The smallest absolute Gasteiger partial charge is 0.263 e. The quantitative estimate of drug-likeness (QED) is 0.864. The first kappa shape index (κ1) is 13.3. The number of anilines is 1. The van der Waals surface area contributed by atoms with Gasteiger partial charge in [-0.3, -0.25) is 4.79 Å². The van der Waals surface area contributed by atoms with Gasteiger partial charge in [-0.15, -0.1) is 0 Å². The lowest BCUT2D eigenvalue weighted by molar-refractivity contribution is 0.0915. The van der Waals surface area contributed by atoms with E-state index in [-0.39, 0.29) is 11.9 Å². The Bertz CT molecular complexity index is 399. The van der Waals surface area contributed by atoms with Gasteiger partial charge in [0.25, 0.3) is 5.91 Å². The molecule has 3 N–H and O–H groups in total. The van der Waals surface area contributed by atoms with E-state index in [0.29, 0.717) is 10.0 Å². The molecule has 1 aliphatic rings. The molecule has 1 aromatic rings. The first-order valence-corrected chi connectivity index (χ1v) is 7.25. The molecule has 0 spiro atoms. The van der Waals surface area contributed by atoms with Crippen molar-refractivity contribution in [2.45, 2.75) is 32.2 Å². The molecule has 0 atom stereocenters. The minimum Gasteiger partial charge on any atom is -0.375 e. The molecule has 0 unspecified atom stereocenters. The summed E-state index contributed by atoms with van der Waals surface area (Å²) in [6, 6.07) is 0.286. The van der Waals surface area contributed by atoms with Gasteiger partial charge in [0.15, 0.2) is 5.13 Å². The summed E-state index contributed by atoms with van der Waals surface area (Å²) in [7, 11) is 0. The molecule has 18 heavy (non-hydrogen) atoms. The van der Waals surface area contributed by atoms with E-state index >= 15 is 0 Å². The van der Waals surface area contributed by atoms with Crippen LogP contribution in [-0.4, -0.2) is 41.5 Å². The summed E-state index contributed by atoms with van der Waals surface area (Å²) in [5.74, 6) is -0.0434. The van der Waals surface area contributed by atoms with Crippen LogP contribution in [-0.2, 0) is 0 Å². The van der Waals surface area contributed by atoms with Crippen LogP contribution in [0.2, 0.25) is 0 Å². The molecule has 0 aromatic carbocycles. The van der Waals surface area contributed by atoms with E-state index in [1.807, 2.05) is 0 Å². The zero-order chi connectivity index (χ0) is 13.0. The molecule has 100 valence electrons. The van der Waals surface area contributed by atoms with Gasteiger partial charge < -0.3 is 16.0 Å². The number of nitrogens with zero attached hydrogens (tertiary/aromatic N) is 2. The highest BCUT2D eigenvalue weighted by molar-refractivity contribution is 7.17. The van der Waals surface area contributed by atoms with Crippen LogP contribution in [0, 0.1) is 0 Å². The Balaban J connectivity index is 1.79. The average Bonchev–Trinajstić information content (AvgIpc) is 2.79. The van der Waals surface area contributed by atoms with Crippen molar-refractivity contribution in [1.82, 2.24) is 15.2 Å². The van der Waals surface area contributed by atoms with Crippen molar-refractivity contribution in [3.05, 3.63) is 11.1 Å². The fourth-order valence-corrected chi connectivity index (χ4v) is 2.85. The Labute approximate surface area is 111 Å². The van der Waals surface area contributed by atoms with Crippen LogP contribution in [0.5, 0.6) is 0 Å². The van der Waals surface area contributed by atoms with Gasteiger partial charge in [-0.05, 0) is 25.8 Å². The number of nitrogens with one attached hydrogen (secondary N) is 1. The normalized spacial score (nSPS) is 17.8. The lowest BCUT2D eigenvalue weighted by atomic mass is 10.0. The number of rotatable bonds is 4. The Hall–Kier alpha value is -1.14. The summed E-state index contributed by atoms with van der Waals surface area (Å²) in [5, 5.41) is 3.50. The van der Waals surface area contributed by atoms with Crippen LogP contribution in [0.25, 0.3) is 0 Å². The molecule has 1 amide bonds. The molecule has 0 saturated carbocycles. The molecule has 2 rings (SSSR count). The first-order chi connectivity index (χ1) is 8.69. The third kappa shape index (κ3) is 3.43. The van der Waals surface area contributed by atoms with E-state index in [1.165, 1.54) is 17.8 Å². The molecular weight excluding hydrogens is 248 g/mol. The molecule has 0 radical (unpaired) electrons. The van der Waals surface area contributed by atoms with Crippen molar-refractivity contribution in [2.24, 2.45) is 0 Å². The molecule has 0 aliphatic carbocycles. The summed E-state index contributed by atoms with van der Waals surface area (Å²) in [5.41, 5.74) is 5.52. The summed E-state index contributed by atoms with van der Waals surface area (Å²) >= 11 is 1.24. The molecule has 1 aromatic heterocycles. The molecule has 0 bridgehead atoms. The summed E-state index contributed by atoms with van der Waals surface area (Å²) in [6.45, 7) is 5.50. The van der Waals surface area contributed by atoms with Crippen molar-refractivity contribution in [1.29, 1.82) is 0 Å². The summed E-state index contributed by atoms with van der Waals surface area (Å²) in [4.78, 5) is 18.9. The number of carbonyl (C=O) groups is 1. The van der Waals surface area contributed by atoms with E-state index in [9.17, 15) is 4.79 Å². The van der Waals surface area contributed by atoms with Crippen LogP contribution in [0.15, 0.2) is 6.20 Å². The largest absolute Gasteiger partial charge is 0.375 e. The number of nitrogen functional groups attached to an aromatic ring is 1. The van der Waals surface area contributed by atoms with E-state index < -0.39 is 0 Å². The number of hydrogen-bond acceptors (Lipinski definition) is 5. The van der Waals surface area contributed by atoms with E-state index in [2.05, 4.69) is 22.1 Å². The molecule has 5 nitrogen and oxygen atoms in total. The second kappa shape index (κ2) is 6.15. The number of likely N-dealkylation sites (tertiary alicyclic amines) is 1. The first-order valence-electron chi connectivity index (χ1n) is 6.43. The topological polar surface area (TPSA) is 71.2 Å². The van der Waals surface area contributed by atoms with E-state index in [0.717, 1.165) is 32.5 Å². The number of amides is 1. The van der Waals surface area contributed by atoms with Gasteiger partial charge in [0.1, 0.15) is 4.88 Å². The minimum atomic E-state index is -0.0434. The highest BCUT2D eigenvalue weighted by Gasteiger charge is 2.21. The summed E-state index contributed by atoms with van der Waals surface area (Å²) < 4.78 is 0. The predicted molar refractivity (Wildman–Crippen MR) is 73.7 cm³/mol. The van der Waals surface area contributed by atoms with Gasteiger partial charge in [-0.2, -0.15) is 0 Å². The Morgan fingerprint density at radius 2 is 2.33 bits per heavy atom. The van der Waals surface area contributed by atoms with Gasteiger partial charge in [-0.25, -0.2) is 4.98 Å². The zero-order valence-corrected chi connectivity index (χ0v) is 11.5. The van der Waals surface area contributed by atoms with Crippen molar-refractivity contribution < 1.29 is 4.79 Å². The van der Waals surface area contributed by atoms with Crippen molar-refractivity contribution in [3.8, 4) is 0 Å². The Kier molecular flexibility index (Phi) is 4.54. The third-order valence-corrected chi connectivity index (χ3v) is 4.04. The van der Waals surface area contributed by atoms with Gasteiger partial charge >= 0.3 is 0 Å². The number of nitrogens with two attached hydrogens (primary N) is 1. The summed E-state index contributed by atoms with van der Waals surface area (Å²) in [6.07, 6.45) is 4.79. The second-order valence-electron chi connectivity index (χ2n) is 4.65. The molecule has 2 heterocycles. The number of piperidine rings is 1. The second-order valence-corrected chi connectivity index (χ2v) is 5.71. The molecule has 1 fully saturated rings. The number of hydrogen-bond donors (Lipinski definition) is 2. The Morgan fingerprint density at radius 1 is 1.61 bits per heavy atom. The van der Waals surface area contributed by atoms with Crippen molar-refractivity contribution in [3.63, 3.8) is 0 Å². The van der Waals surface area contributed by atoms with E-state index in [4.69, 9.17) is 5.73 Å². The van der Waals surface area contributed by atoms with Crippen molar-refractivity contribution >= 4 is 22.4 Å². The average molecular weight is 268 g/mol. The van der Waals surface area contributed by atoms with Crippen LogP contribution in [0.3, 0.4) is 0 Å². The van der Waals surface area contributed by atoms with Crippen LogP contribution >= 0.6 is 11.3 Å². The van der Waals surface area contributed by atoms with Crippen LogP contribution < -0.4 is 11.1 Å². The highest BCUT2D eigenvalue weighted by Crippen LogP contribution is 2.16. The molecular formula is C12H20N4OS. The molecule has 1 saturated heterocycles. The lowest BCUT2D eigenvalue weighted by Crippen LogP contribution is -2.44. The third-order valence-electron chi connectivity index (χ3n) is 3.21. The SMILES string of the molecule is CCCN1CCC(NC(=O)c2cnc(N)s2)CC1. The molecule has 1 aliphatic heterocycles. The maximum absolute atomic E-state index is 11.9. The van der Waals surface area contributed by atoms with Gasteiger partial charge in [0.2, 0.25) is 0 Å². The Morgan fingerprint density at radius 3 is 2.89 bits per heavy atom.